The van der Waals surface area contributed by atoms with Crippen molar-refractivity contribution in [1.82, 2.24) is 5.32 Å². The molecule has 20 heavy (non-hydrogen) atoms. The van der Waals surface area contributed by atoms with E-state index in [1.807, 2.05) is 6.92 Å². The van der Waals surface area contributed by atoms with Crippen molar-refractivity contribution < 1.29 is 18.7 Å². The second kappa shape index (κ2) is 8.47. The van der Waals surface area contributed by atoms with Gasteiger partial charge in [0.05, 0.1) is 5.69 Å². The van der Waals surface area contributed by atoms with E-state index in [9.17, 15) is 13.6 Å². The molecule has 0 spiro atoms. The number of urea groups is 1. The third-order valence-electron chi connectivity index (χ3n) is 2.96. The molecule has 0 fully saturated rings. The molecule has 0 aliphatic heterocycles. The SMILES string of the molecule is CCCC(CCO)CNC(=O)Nc1cc(F)ccc1F. The van der Waals surface area contributed by atoms with Crippen LogP contribution in [0.5, 0.6) is 0 Å². The minimum Gasteiger partial charge on any atom is -0.396 e. The van der Waals surface area contributed by atoms with Crippen LogP contribution in [0.4, 0.5) is 19.3 Å². The van der Waals surface area contributed by atoms with Crippen molar-refractivity contribution in [3.8, 4) is 0 Å². The first-order valence-corrected chi connectivity index (χ1v) is 6.67. The van der Waals surface area contributed by atoms with Gasteiger partial charge in [0.1, 0.15) is 11.6 Å². The van der Waals surface area contributed by atoms with Crippen LogP contribution in [0.2, 0.25) is 0 Å². The van der Waals surface area contributed by atoms with Crippen LogP contribution < -0.4 is 10.6 Å². The Kier molecular flexibility index (Phi) is 6.93. The Morgan fingerprint density at radius 1 is 1.35 bits per heavy atom. The fraction of sp³-hybridized carbons (Fsp3) is 0.500. The van der Waals surface area contributed by atoms with E-state index in [0.29, 0.717) is 13.0 Å². The molecule has 0 saturated carbocycles. The van der Waals surface area contributed by atoms with E-state index in [0.717, 1.165) is 31.0 Å². The number of carbonyl (C=O) groups excluding carboxylic acids is 1. The fourth-order valence-corrected chi connectivity index (χ4v) is 1.94. The Labute approximate surface area is 117 Å². The first-order chi connectivity index (χ1) is 9.56. The van der Waals surface area contributed by atoms with E-state index in [4.69, 9.17) is 5.11 Å². The average Bonchev–Trinajstić information content (AvgIpc) is 2.41. The molecule has 0 heterocycles. The van der Waals surface area contributed by atoms with Gasteiger partial charge in [-0.1, -0.05) is 13.3 Å². The number of anilines is 1. The van der Waals surface area contributed by atoms with Crippen LogP contribution in [0.1, 0.15) is 26.2 Å². The predicted octanol–water partition coefficient (Wildman–Crippen LogP) is 2.89. The van der Waals surface area contributed by atoms with Gasteiger partial charge in [0.25, 0.3) is 0 Å². The van der Waals surface area contributed by atoms with Crippen molar-refractivity contribution in [1.29, 1.82) is 0 Å². The molecule has 3 N–H and O–H groups in total. The van der Waals surface area contributed by atoms with E-state index in [1.54, 1.807) is 0 Å². The third-order valence-corrected chi connectivity index (χ3v) is 2.96. The lowest BCUT2D eigenvalue weighted by molar-refractivity contribution is 0.236. The number of nitrogens with one attached hydrogen (secondary N) is 2. The second-order valence-corrected chi connectivity index (χ2v) is 4.63. The Hall–Kier alpha value is -1.69. The molecule has 0 saturated heterocycles. The van der Waals surface area contributed by atoms with Crippen LogP contribution in [-0.4, -0.2) is 24.3 Å². The summed E-state index contributed by atoms with van der Waals surface area (Å²) in [6.45, 7) is 2.47. The van der Waals surface area contributed by atoms with Gasteiger partial charge in [-0.05, 0) is 30.9 Å². The van der Waals surface area contributed by atoms with Crippen molar-refractivity contribution in [2.45, 2.75) is 26.2 Å². The number of benzene rings is 1. The van der Waals surface area contributed by atoms with Gasteiger partial charge in [-0.15, -0.1) is 0 Å². The van der Waals surface area contributed by atoms with Gasteiger partial charge in [-0.2, -0.15) is 0 Å². The number of amides is 2. The molecule has 0 aliphatic carbocycles. The minimum absolute atomic E-state index is 0.0620. The Balaban J connectivity index is 2.48. The number of rotatable bonds is 7. The van der Waals surface area contributed by atoms with Crippen LogP contribution in [0.25, 0.3) is 0 Å². The summed E-state index contributed by atoms with van der Waals surface area (Å²) in [5, 5.41) is 13.8. The molecule has 1 aromatic carbocycles. The van der Waals surface area contributed by atoms with E-state index in [1.165, 1.54) is 0 Å². The van der Waals surface area contributed by atoms with Crippen molar-refractivity contribution in [2.75, 3.05) is 18.5 Å². The van der Waals surface area contributed by atoms with Crippen molar-refractivity contribution >= 4 is 11.7 Å². The molecule has 1 atom stereocenters. The lowest BCUT2D eigenvalue weighted by atomic mass is 10.0. The van der Waals surface area contributed by atoms with E-state index in [-0.39, 0.29) is 18.2 Å². The van der Waals surface area contributed by atoms with Crippen LogP contribution in [0.15, 0.2) is 18.2 Å². The second-order valence-electron chi connectivity index (χ2n) is 4.63. The van der Waals surface area contributed by atoms with Crippen molar-refractivity contribution in [3.63, 3.8) is 0 Å². The zero-order valence-electron chi connectivity index (χ0n) is 11.5. The highest BCUT2D eigenvalue weighted by molar-refractivity contribution is 5.89. The molecule has 0 aliphatic rings. The molecule has 4 nitrogen and oxygen atoms in total. The summed E-state index contributed by atoms with van der Waals surface area (Å²) in [5.41, 5.74) is -0.198. The average molecular weight is 286 g/mol. The van der Waals surface area contributed by atoms with Gasteiger partial charge >= 0.3 is 6.03 Å². The number of hydrogen-bond donors (Lipinski definition) is 3. The summed E-state index contributed by atoms with van der Waals surface area (Å²) >= 11 is 0. The molecule has 0 bridgehead atoms. The third kappa shape index (κ3) is 5.52. The van der Waals surface area contributed by atoms with Gasteiger partial charge in [-0.3, -0.25) is 0 Å². The highest BCUT2D eigenvalue weighted by Crippen LogP contribution is 2.15. The lowest BCUT2D eigenvalue weighted by Crippen LogP contribution is -2.33. The number of hydrogen-bond acceptors (Lipinski definition) is 2. The fourth-order valence-electron chi connectivity index (χ4n) is 1.94. The van der Waals surface area contributed by atoms with Crippen LogP contribution >= 0.6 is 0 Å². The number of carbonyl (C=O) groups is 1. The monoisotopic (exact) mass is 286 g/mol. The molecule has 2 amide bonds. The zero-order valence-corrected chi connectivity index (χ0v) is 11.5. The Morgan fingerprint density at radius 3 is 2.75 bits per heavy atom. The highest BCUT2D eigenvalue weighted by Gasteiger charge is 2.11. The molecule has 1 unspecified atom stereocenters. The van der Waals surface area contributed by atoms with Gasteiger partial charge in [-0.25, -0.2) is 13.6 Å². The number of halogens is 2. The van der Waals surface area contributed by atoms with E-state index < -0.39 is 17.7 Å². The molecule has 1 rings (SSSR count). The maximum atomic E-state index is 13.3. The highest BCUT2D eigenvalue weighted by atomic mass is 19.1. The quantitative estimate of drug-likeness (QED) is 0.721. The molecular formula is C14H20F2N2O2. The van der Waals surface area contributed by atoms with Crippen molar-refractivity contribution in [3.05, 3.63) is 29.8 Å². The van der Waals surface area contributed by atoms with Crippen LogP contribution in [-0.2, 0) is 0 Å². The summed E-state index contributed by atoms with van der Waals surface area (Å²) in [7, 11) is 0. The van der Waals surface area contributed by atoms with Crippen LogP contribution in [0, 0.1) is 17.6 Å². The summed E-state index contributed by atoms with van der Waals surface area (Å²) in [5.74, 6) is -1.14. The smallest absolute Gasteiger partial charge is 0.319 e. The van der Waals surface area contributed by atoms with Gasteiger partial charge in [0, 0.05) is 19.2 Å². The lowest BCUT2D eigenvalue weighted by Gasteiger charge is -2.16. The summed E-state index contributed by atoms with van der Waals surface area (Å²) in [4.78, 5) is 11.6. The topological polar surface area (TPSA) is 61.4 Å². The Bertz CT molecular complexity index is 435. The number of aliphatic hydroxyl groups excluding tert-OH is 1. The molecule has 112 valence electrons. The summed E-state index contributed by atoms with van der Waals surface area (Å²) < 4.78 is 26.3. The molecule has 6 heteroatoms. The van der Waals surface area contributed by atoms with Gasteiger partial charge in [0.2, 0.25) is 0 Å². The van der Waals surface area contributed by atoms with Gasteiger partial charge < -0.3 is 15.7 Å². The van der Waals surface area contributed by atoms with Crippen molar-refractivity contribution in [2.24, 2.45) is 5.92 Å². The standard InChI is InChI=1S/C14H20F2N2O2/c1-2-3-10(6-7-19)9-17-14(20)18-13-8-11(15)4-5-12(13)16/h4-5,8,10,19H,2-3,6-7,9H2,1H3,(H2,17,18,20). The first kappa shape index (κ1) is 16.4. The largest absolute Gasteiger partial charge is 0.396 e. The predicted molar refractivity (Wildman–Crippen MR) is 73.5 cm³/mol. The maximum Gasteiger partial charge on any atom is 0.319 e. The molecule has 0 radical (unpaired) electrons. The Morgan fingerprint density at radius 2 is 2.10 bits per heavy atom. The maximum absolute atomic E-state index is 13.3. The minimum atomic E-state index is -0.693. The molecule has 1 aromatic rings. The summed E-state index contributed by atoms with van der Waals surface area (Å²) in [6.07, 6.45) is 2.43. The zero-order chi connectivity index (χ0) is 15.0. The first-order valence-electron chi connectivity index (χ1n) is 6.67. The van der Waals surface area contributed by atoms with E-state index >= 15 is 0 Å². The normalized spacial score (nSPS) is 12.0. The number of aliphatic hydroxyl groups is 1. The van der Waals surface area contributed by atoms with Gasteiger partial charge in [0.15, 0.2) is 0 Å². The van der Waals surface area contributed by atoms with E-state index in [2.05, 4.69) is 10.6 Å². The molecule has 0 aromatic heterocycles. The summed E-state index contributed by atoms with van der Waals surface area (Å²) in [6, 6.07) is 2.27. The van der Waals surface area contributed by atoms with Crippen LogP contribution in [0.3, 0.4) is 0 Å². The molecular weight excluding hydrogens is 266 g/mol.